The molecular weight excluding hydrogens is 299 g/mol. The molecule has 1 aliphatic carbocycles. The van der Waals surface area contributed by atoms with E-state index in [2.05, 4.69) is 15.0 Å². The summed E-state index contributed by atoms with van der Waals surface area (Å²) in [5.41, 5.74) is 10.1. The minimum Gasteiger partial charge on any atom is -0.375 e. The quantitative estimate of drug-likeness (QED) is 0.748. The number of nitrogens with zero attached hydrogens (tertiary/aromatic N) is 3. The molecule has 0 saturated heterocycles. The van der Waals surface area contributed by atoms with Crippen molar-refractivity contribution < 1.29 is 4.39 Å². The summed E-state index contributed by atoms with van der Waals surface area (Å²) in [5, 5.41) is 0.556. The van der Waals surface area contributed by atoms with Crippen LogP contribution in [0.15, 0.2) is 24.4 Å². The van der Waals surface area contributed by atoms with Gasteiger partial charge in [-0.25, -0.2) is 19.3 Å². The molecule has 22 heavy (non-hydrogen) atoms. The van der Waals surface area contributed by atoms with Gasteiger partial charge in [0.05, 0.1) is 16.3 Å². The first-order valence-corrected chi connectivity index (χ1v) is 7.82. The van der Waals surface area contributed by atoms with Crippen LogP contribution >= 0.6 is 11.3 Å². The summed E-state index contributed by atoms with van der Waals surface area (Å²) in [5.74, 6) is 0.289. The predicted octanol–water partition coefficient (Wildman–Crippen LogP) is 3.40. The van der Waals surface area contributed by atoms with Gasteiger partial charge in [0.15, 0.2) is 11.0 Å². The lowest BCUT2D eigenvalue weighted by Gasteiger charge is -2.15. The monoisotopic (exact) mass is 312 g/mol. The van der Waals surface area contributed by atoms with Crippen LogP contribution in [0, 0.1) is 12.7 Å². The number of hydrogen-bond acceptors (Lipinski definition) is 5. The molecule has 3 aromatic rings. The lowest BCUT2D eigenvalue weighted by Crippen LogP contribution is -2.07. The van der Waals surface area contributed by atoms with Crippen LogP contribution in [0.1, 0.15) is 16.8 Å². The molecule has 0 saturated carbocycles. The highest BCUT2D eigenvalue weighted by Gasteiger charge is 2.23. The van der Waals surface area contributed by atoms with Crippen molar-refractivity contribution in [3.05, 3.63) is 47.0 Å². The highest BCUT2D eigenvalue weighted by molar-refractivity contribution is 7.18. The van der Waals surface area contributed by atoms with Gasteiger partial charge in [-0.3, -0.25) is 0 Å². The van der Waals surface area contributed by atoms with E-state index in [1.165, 1.54) is 17.4 Å². The first-order valence-electron chi connectivity index (χ1n) is 7.00. The van der Waals surface area contributed by atoms with E-state index in [4.69, 9.17) is 5.73 Å². The van der Waals surface area contributed by atoms with Gasteiger partial charge in [-0.05, 0) is 37.0 Å². The minimum atomic E-state index is -0.249. The summed E-state index contributed by atoms with van der Waals surface area (Å²) >= 11 is 1.45. The van der Waals surface area contributed by atoms with Crippen LogP contribution in [0.25, 0.3) is 22.0 Å². The Kier molecular flexibility index (Phi) is 2.94. The third-order valence-electron chi connectivity index (χ3n) is 3.93. The molecule has 2 aromatic heterocycles. The molecule has 0 amide bonds. The zero-order chi connectivity index (χ0) is 15.3. The van der Waals surface area contributed by atoms with Gasteiger partial charge in [0, 0.05) is 11.8 Å². The lowest BCUT2D eigenvalue weighted by molar-refractivity contribution is 0.619. The molecule has 110 valence electrons. The number of anilines is 1. The second-order valence-corrected chi connectivity index (χ2v) is 6.34. The van der Waals surface area contributed by atoms with Crippen LogP contribution in [0.4, 0.5) is 9.52 Å². The van der Waals surface area contributed by atoms with Crippen LogP contribution in [0.2, 0.25) is 0 Å². The summed E-state index contributed by atoms with van der Waals surface area (Å²) in [4.78, 5) is 14.5. The fraction of sp³-hybridized carbons (Fsp3) is 0.188. The second kappa shape index (κ2) is 4.84. The molecule has 4 rings (SSSR count). The number of fused-ring (bicyclic) bond motifs is 3. The van der Waals surface area contributed by atoms with Gasteiger partial charge in [0.1, 0.15) is 5.82 Å². The fourth-order valence-corrected chi connectivity index (χ4v) is 3.65. The van der Waals surface area contributed by atoms with Crippen LogP contribution in [-0.2, 0) is 12.8 Å². The van der Waals surface area contributed by atoms with Crippen molar-refractivity contribution in [3.8, 4) is 22.0 Å². The van der Waals surface area contributed by atoms with E-state index in [1.54, 1.807) is 13.0 Å². The predicted molar refractivity (Wildman–Crippen MR) is 85.1 cm³/mol. The normalized spacial score (nSPS) is 12.8. The average Bonchev–Trinajstić information content (AvgIpc) is 2.90. The van der Waals surface area contributed by atoms with Crippen LogP contribution in [-0.4, -0.2) is 15.0 Å². The van der Waals surface area contributed by atoms with Crippen molar-refractivity contribution in [2.24, 2.45) is 0 Å². The second-order valence-electron chi connectivity index (χ2n) is 5.31. The highest BCUT2D eigenvalue weighted by atomic mass is 32.1. The minimum absolute atomic E-state index is 0.249. The maximum Gasteiger partial charge on any atom is 0.180 e. The molecule has 0 fully saturated rings. The van der Waals surface area contributed by atoms with Crippen molar-refractivity contribution in [3.63, 3.8) is 0 Å². The molecule has 4 nitrogen and oxygen atoms in total. The SMILES string of the molecule is Cc1c(F)cccc1-c1ncc2c(n1)-c1sc(N)nc1CC2. The Morgan fingerprint density at radius 3 is 2.95 bits per heavy atom. The topological polar surface area (TPSA) is 64.7 Å². The molecule has 2 N–H and O–H groups in total. The van der Waals surface area contributed by atoms with Gasteiger partial charge in [-0.15, -0.1) is 0 Å². The zero-order valence-corrected chi connectivity index (χ0v) is 12.7. The third-order valence-corrected chi connectivity index (χ3v) is 4.87. The molecule has 2 heterocycles. The molecule has 0 bridgehead atoms. The van der Waals surface area contributed by atoms with Gasteiger partial charge in [0.25, 0.3) is 0 Å². The van der Waals surface area contributed by atoms with E-state index in [1.807, 2.05) is 12.3 Å². The van der Waals surface area contributed by atoms with Crippen molar-refractivity contribution in [2.45, 2.75) is 19.8 Å². The molecule has 0 atom stereocenters. The Bertz CT molecular complexity index is 888. The Labute approximate surface area is 130 Å². The molecule has 1 aliphatic rings. The van der Waals surface area contributed by atoms with Crippen molar-refractivity contribution in [1.29, 1.82) is 0 Å². The number of benzene rings is 1. The van der Waals surface area contributed by atoms with E-state index in [0.29, 0.717) is 22.1 Å². The Morgan fingerprint density at radius 1 is 1.23 bits per heavy atom. The summed E-state index contributed by atoms with van der Waals surface area (Å²) in [7, 11) is 0. The van der Waals surface area contributed by atoms with Crippen LogP contribution in [0.5, 0.6) is 0 Å². The number of rotatable bonds is 1. The molecule has 6 heteroatoms. The largest absolute Gasteiger partial charge is 0.375 e. The van der Waals surface area contributed by atoms with E-state index in [-0.39, 0.29) is 5.82 Å². The lowest BCUT2D eigenvalue weighted by atomic mass is 9.99. The first kappa shape index (κ1) is 13.3. The maximum absolute atomic E-state index is 13.8. The van der Waals surface area contributed by atoms with Crippen LogP contribution < -0.4 is 5.73 Å². The summed E-state index contributed by atoms with van der Waals surface area (Å²) < 4.78 is 13.8. The number of thiazole rings is 1. The number of aryl methyl sites for hydroxylation is 2. The Balaban J connectivity index is 1.90. The van der Waals surface area contributed by atoms with Gasteiger partial charge < -0.3 is 5.73 Å². The number of hydrogen-bond donors (Lipinski definition) is 1. The fourth-order valence-electron chi connectivity index (χ4n) is 2.74. The van der Waals surface area contributed by atoms with E-state index in [9.17, 15) is 4.39 Å². The standard InChI is InChI=1S/C16H13FN4S/c1-8-10(3-2-4-11(8)17)15-19-7-9-5-6-12-14(13(9)21-15)22-16(18)20-12/h2-4,7H,5-6H2,1H3,(H2,18,20). The Hall–Kier alpha value is -2.34. The molecule has 0 aliphatic heterocycles. The summed E-state index contributed by atoms with van der Waals surface area (Å²) in [6.45, 7) is 1.74. The molecule has 1 aromatic carbocycles. The van der Waals surface area contributed by atoms with E-state index in [0.717, 1.165) is 34.7 Å². The number of nitrogens with two attached hydrogens (primary N) is 1. The van der Waals surface area contributed by atoms with E-state index < -0.39 is 0 Å². The first-order chi connectivity index (χ1) is 10.6. The van der Waals surface area contributed by atoms with Crippen molar-refractivity contribution in [1.82, 2.24) is 15.0 Å². The van der Waals surface area contributed by atoms with E-state index >= 15 is 0 Å². The van der Waals surface area contributed by atoms with Crippen LogP contribution in [0.3, 0.4) is 0 Å². The maximum atomic E-state index is 13.8. The molecule has 0 radical (unpaired) electrons. The van der Waals surface area contributed by atoms with Gasteiger partial charge >= 0.3 is 0 Å². The van der Waals surface area contributed by atoms with Gasteiger partial charge in [0.2, 0.25) is 0 Å². The van der Waals surface area contributed by atoms with Crippen molar-refractivity contribution >= 4 is 16.5 Å². The van der Waals surface area contributed by atoms with Crippen molar-refractivity contribution in [2.75, 3.05) is 5.73 Å². The Morgan fingerprint density at radius 2 is 2.09 bits per heavy atom. The number of nitrogen functional groups attached to an aromatic ring is 1. The molecule has 0 spiro atoms. The van der Waals surface area contributed by atoms with Gasteiger partial charge in [-0.1, -0.05) is 23.5 Å². The zero-order valence-electron chi connectivity index (χ0n) is 11.9. The highest BCUT2D eigenvalue weighted by Crippen LogP contribution is 2.38. The summed E-state index contributed by atoms with van der Waals surface area (Å²) in [6.07, 6.45) is 3.55. The molecular formula is C16H13FN4S. The molecule has 0 unspecified atom stereocenters. The summed E-state index contributed by atoms with van der Waals surface area (Å²) in [6, 6.07) is 4.96. The third kappa shape index (κ3) is 1.99. The van der Waals surface area contributed by atoms with Gasteiger partial charge in [-0.2, -0.15) is 0 Å². The smallest absolute Gasteiger partial charge is 0.180 e. The number of aromatic nitrogens is 3. The number of halogens is 1. The average molecular weight is 312 g/mol.